The second-order valence-corrected chi connectivity index (χ2v) is 11.7. The summed E-state index contributed by atoms with van der Waals surface area (Å²) in [7, 11) is -4.09. The summed E-state index contributed by atoms with van der Waals surface area (Å²) in [4.78, 5) is 26.4. The molecule has 1 saturated heterocycles. The Labute approximate surface area is 205 Å². The Balaban J connectivity index is 1.88. The predicted octanol–water partition coefficient (Wildman–Crippen LogP) is 3.14. The van der Waals surface area contributed by atoms with Gasteiger partial charge in [0, 0.05) is 13.0 Å². The first-order valence-electron chi connectivity index (χ1n) is 11.3. The third-order valence-corrected chi connectivity index (χ3v) is 7.87. The summed E-state index contributed by atoms with van der Waals surface area (Å²) in [5.41, 5.74) is -1.58. The van der Waals surface area contributed by atoms with Crippen LogP contribution in [0.3, 0.4) is 0 Å². The molecule has 0 radical (unpaired) electrons. The molecule has 1 aliphatic heterocycles. The molecule has 1 heterocycles. The Bertz CT molecular complexity index is 1180. The Morgan fingerprint density at radius 1 is 1.14 bits per heavy atom. The first-order chi connectivity index (χ1) is 16.2. The molecule has 8 nitrogen and oxygen atoms in total. The van der Waals surface area contributed by atoms with Crippen molar-refractivity contribution in [1.29, 1.82) is 0 Å². The van der Waals surface area contributed by atoms with E-state index in [-0.39, 0.29) is 30.0 Å². The van der Waals surface area contributed by atoms with E-state index in [0.717, 1.165) is 28.6 Å². The van der Waals surface area contributed by atoms with Crippen LogP contribution in [0.1, 0.15) is 46.1 Å². The van der Waals surface area contributed by atoms with Gasteiger partial charge in [-0.1, -0.05) is 12.1 Å². The minimum Gasteiger partial charge on any atom is -0.508 e. The van der Waals surface area contributed by atoms with Gasteiger partial charge in [0.2, 0.25) is 15.9 Å². The first kappa shape index (κ1) is 26.6. The second-order valence-electron chi connectivity index (χ2n) is 9.84. The first-order valence-corrected chi connectivity index (χ1v) is 12.8. The van der Waals surface area contributed by atoms with E-state index in [1.54, 1.807) is 32.9 Å². The molecule has 2 N–H and O–H groups in total. The highest BCUT2D eigenvalue weighted by molar-refractivity contribution is 7.89. The number of sulfonamides is 1. The van der Waals surface area contributed by atoms with Crippen LogP contribution in [0.25, 0.3) is 0 Å². The Hall–Kier alpha value is -2.98. The van der Waals surface area contributed by atoms with Crippen LogP contribution in [0.15, 0.2) is 53.4 Å². The van der Waals surface area contributed by atoms with Crippen LogP contribution in [0, 0.1) is 5.82 Å². The summed E-state index contributed by atoms with van der Waals surface area (Å²) < 4.78 is 46.6. The van der Waals surface area contributed by atoms with Crippen LogP contribution in [-0.4, -0.2) is 53.4 Å². The van der Waals surface area contributed by atoms with Crippen molar-refractivity contribution < 1.29 is 32.2 Å². The number of aromatic hydroxyl groups is 1. The molecule has 2 aromatic carbocycles. The number of halogens is 1. The molecule has 0 aromatic heterocycles. The molecule has 0 bridgehead atoms. The van der Waals surface area contributed by atoms with Crippen molar-refractivity contribution >= 4 is 21.9 Å². The number of rotatable bonds is 7. The van der Waals surface area contributed by atoms with Crippen molar-refractivity contribution in [3.05, 3.63) is 59.9 Å². The van der Waals surface area contributed by atoms with Gasteiger partial charge in [-0.15, -0.1) is 0 Å². The number of nitrogens with zero attached hydrogens (tertiary/aromatic N) is 1. The minimum absolute atomic E-state index is 0.0618. The number of carbonyl (C=O) groups is 2. The van der Waals surface area contributed by atoms with Crippen molar-refractivity contribution in [3.8, 4) is 5.75 Å². The summed E-state index contributed by atoms with van der Waals surface area (Å²) in [6, 6.07) is 9.54. The monoisotopic (exact) mass is 506 g/mol. The third kappa shape index (κ3) is 6.18. The molecule has 2 aromatic rings. The van der Waals surface area contributed by atoms with E-state index in [1.165, 1.54) is 19.1 Å². The normalized spacial score (nSPS) is 19.8. The molecule has 1 fully saturated rings. The molecule has 0 saturated carbocycles. The summed E-state index contributed by atoms with van der Waals surface area (Å²) in [6.07, 6.45) is 0.778. The van der Waals surface area contributed by atoms with E-state index < -0.39 is 44.9 Å². The topological polar surface area (TPSA) is 113 Å². The van der Waals surface area contributed by atoms with Gasteiger partial charge >= 0.3 is 5.97 Å². The van der Waals surface area contributed by atoms with Crippen molar-refractivity contribution in [2.24, 2.45) is 0 Å². The lowest BCUT2D eigenvalue weighted by molar-refractivity contribution is -0.159. The molecule has 0 spiro atoms. The zero-order valence-electron chi connectivity index (χ0n) is 20.2. The van der Waals surface area contributed by atoms with Gasteiger partial charge in [0.15, 0.2) is 0 Å². The number of ether oxygens (including phenoxy) is 1. The van der Waals surface area contributed by atoms with Crippen LogP contribution < -0.4 is 5.32 Å². The highest BCUT2D eigenvalue weighted by Gasteiger charge is 2.50. The zero-order chi connectivity index (χ0) is 26.0. The van der Waals surface area contributed by atoms with Crippen LogP contribution in [0.2, 0.25) is 0 Å². The molecule has 3 rings (SSSR count). The molecule has 0 aliphatic carbocycles. The fourth-order valence-electron chi connectivity index (χ4n) is 4.03. The van der Waals surface area contributed by atoms with Gasteiger partial charge < -0.3 is 15.2 Å². The molecule has 10 heteroatoms. The van der Waals surface area contributed by atoms with Gasteiger partial charge in [-0.25, -0.2) is 17.6 Å². The number of hydrogen-bond donors (Lipinski definition) is 2. The van der Waals surface area contributed by atoms with E-state index >= 15 is 0 Å². The van der Waals surface area contributed by atoms with Gasteiger partial charge in [-0.2, -0.15) is 4.31 Å². The maximum Gasteiger partial charge on any atom is 0.329 e. The van der Waals surface area contributed by atoms with E-state index in [2.05, 4.69) is 5.32 Å². The SMILES string of the molecule is CC(C)(C)OC(=O)[C@H](Cc1ccc(O)cc1)NC(=O)[C@]1(C)CCCN1S(=O)(=O)c1ccc(F)cc1. The Morgan fingerprint density at radius 3 is 2.31 bits per heavy atom. The lowest BCUT2D eigenvalue weighted by Crippen LogP contribution is -2.59. The van der Waals surface area contributed by atoms with Gasteiger partial charge in [-0.3, -0.25) is 4.79 Å². The molecular formula is C25H31FN2O6S. The summed E-state index contributed by atoms with van der Waals surface area (Å²) in [5, 5.41) is 12.3. The average molecular weight is 507 g/mol. The van der Waals surface area contributed by atoms with Crippen LogP contribution in [-0.2, 0) is 30.8 Å². The summed E-state index contributed by atoms with van der Waals surface area (Å²) in [6.45, 7) is 6.75. The Morgan fingerprint density at radius 2 is 1.74 bits per heavy atom. The fraction of sp³-hybridized carbons (Fsp3) is 0.440. The fourth-order valence-corrected chi connectivity index (χ4v) is 5.84. The molecule has 35 heavy (non-hydrogen) atoms. The van der Waals surface area contributed by atoms with Gasteiger partial charge in [0.1, 0.15) is 28.7 Å². The minimum atomic E-state index is -4.09. The largest absolute Gasteiger partial charge is 0.508 e. The number of benzene rings is 2. The van der Waals surface area contributed by atoms with Crippen LogP contribution >= 0.6 is 0 Å². The van der Waals surface area contributed by atoms with Gasteiger partial charge in [0.25, 0.3) is 0 Å². The molecule has 0 unspecified atom stereocenters. The van der Waals surface area contributed by atoms with E-state index in [1.807, 2.05) is 0 Å². The highest BCUT2D eigenvalue weighted by Crippen LogP contribution is 2.35. The van der Waals surface area contributed by atoms with Gasteiger partial charge in [-0.05, 0) is 82.5 Å². The lowest BCUT2D eigenvalue weighted by atomic mass is 9.97. The maximum absolute atomic E-state index is 13.5. The second kappa shape index (κ2) is 9.94. The van der Waals surface area contributed by atoms with Crippen LogP contribution in [0.5, 0.6) is 5.75 Å². The summed E-state index contributed by atoms with van der Waals surface area (Å²) in [5.74, 6) is -1.80. The van der Waals surface area contributed by atoms with Crippen molar-refractivity contribution in [1.82, 2.24) is 9.62 Å². The predicted molar refractivity (Wildman–Crippen MR) is 128 cm³/mol. The van der Waals surface area contributed by atoms with E-state index in [0.29, 0.717) is 12.0 Å². The smallest absolute Gasteiger partial charge is 0.329 e. The van der Waals surface area contributed by atoms with Gasteiger partial charge in [0.05, 0.1) is 4.90 Å². The van der Waals surface area contributed by atoms with Crippen molar-refractivity contribution in [2.45, 2.75) is 69.0 Å². The molecule has 190 valence electrons. The molecule has 1 aliphatic rings. The number of nitrogens with one attached hydrogen (secondary N) is 1. The van der Waals surface area contributed by atoms with E-state index in [9.17, 15) is 27.5 Å². The van der Waals surface area contributed by atoms with Crippen molar-refractivity contribution in [2.75, 3.05) is 6.54 Å². The number of phenols is 1. The highest BCUT2D eigenvalue weighted by atomic mass is 32.2. The molecule has 1 amide bonds. The third-order valence-electron chi connectivity index (χ3n) is 5.84. The number of esters is 1. The van der Waals surface area contributed by atoms with Crippen molar-refractivity contribution in [3.63, 3.8) is 0 Å². The average Bonchev–Trinajstić information content (AvgIpc) is 3.17. The lowest BCUT2D eigenvalue weighted by Gasteiger charge is -2.34. The number of hydrogen-bond acceptors (Lipinski definition) is 6. The number of phenolic OH excluding ortho intramolecular Hbond substituents is 1. The number of carbonyl (C=O) groups excluding carboxylic acids is 2. The van der Waals surface area contributed by atoms with Crippen LogP contribution in [0.4, 0.5) is 4.39 Å². The quantitative estimate of drug-likeness (QED) is 0.558. The summed E-state index contributed by atoms with van der Waals surface area (Å²) >= 11 is 0. The standard InChI is InChI=1S/C25H31FN2O6S/c1-24(2,3)34-22(30)21(16-17-6-10-19(29)11-7-17)27-23(31)25(4)14-5-15-28(25)35(32,33)20-12-8-18(26)9-13-20/h6-13,21,29H,5,14-16H2,1-4H3,(H,27,31)/t21-,25-/m0/s1. The maximum atomic E-state index is 13.5. The van der Waals surface area contributed by atoms with E-state index in [4.69, 9.17) is 4.74 Å². The number of amides is 1. The molecule has 2 atom stereocenters. The zero-order valence-corrected chi connectivity index (χ0v) is 21.1. The Kier molecular flexibility index (Phi) is 7.56. The molecular weight excluding hydrogens is 475 g/mol.